The van der Waals surface area contributed by atoms with Gasteiger partial charge in [0, 0.05) is 36.9 Å². The van der Waals surface area contributed by atoms with Crippen molar-refractivity contribution in [1.82, 2.24) is 5.32 Å². The molecule has 156 valence electrons. The molecule has 2 amide bonds. The molecule has 28 heavy (non-hydrogen) atoms. The van der Waals surface area contributed by atoms with Crippen molar-refractivity contribution in [1.29, 1.82) is 0 Å². The van der Waals surface area contributed by atoms with E-state index in [1.807, 2.05) is 25.1 Å². The molecule has 1 atom stereocenters. The third kappa shape index (κ3) is 6.84. The molecular weight excluding hydrogens is 350 g/mol. The number of carbonyl (C=O) groups excluding carboxylic acids is 2. The van der Waals surface area contributed by atoms with Gasteiger partial charge in [0.1, 0.15) is 0 Å². The number of nitrogens with zero attached hydrogens (tertiary/aromatic N) is 1. The Bertz CT molecular complexity index is 639. The number of anilines is 2. The Morgan fingerprint density at radius 3 is 2.46 bits per heavy atom. The minimum absolute atomic E-state index is 0.0266. The molecule has 0 saturated carbocycles. The fraction of sp³-hybridized carbons (Fsp3) is 0.652. The van der Waals surface area contributed by atoms with Gasteiger partial charge in [0.2, 0.25) is 5.91 Å². The van der Waals surface area contributed by atoms with E-state index in [2.05, 4.69) is 29.4 Å². The highest BCUT2D eigenvalue weighted by atomic mass is 16.2. The average molecular weight is 388 g/mol. The summed E-state index contributed by atoms with van der Waals surface area (Å²) in [5.41, 5.74) is 2.33. The van der Waals surface area contributed by atoms with E-state index in [4.69, 9.17) is 0 Å². The minimum Gasteiger partial charge on any atom is -0.371 e. The van der Waals surface area contributed by atoms with Crippen LogP contribution in [-0.2, 0) is 4.79 Å². The predicted molar refractivity (Wildman–Crippen MR) is 117 cm³/mol. The summed E-state index contributed by atoms with van der Waals surface area (Å²) in [6, 6.07) is 5.86. The summed E-state index contributed by atoms with van der Waals surface area (Å²) in [6.07, 6.45) is 9.37. The van der Waals surface area contributed by atoms with Crippen LogP contribution in [0.4, 0.5) is 11.4 Å². The molecule has 1 aliphatic rings. The van der Waals surface area contributed by atoms with Gasteiger partial charge in [-0.1, -0.05) is 39.5 Å². The largest absolute Gasteiger partial charge is 0.371 e. The van der Waals surface area contributed by atoms with E-state index in [-0.39, 0.29) is 17.9 Å². The van der Waals surface area contributed by atoms with Crippen molar-refractivity contribution in [2.45, 2.75) is 84.6 Å². The highest BCUT2D eigenvalue weighted by Gasteiger charge is 2.21. The summed E-state index contributed by atoms with van der Waals surface area (Å²) in [6.45, 7) is 8.22. The van der Waals surface area contributed by atoms with Crippen LogP contribution in [0.25, 0.3) is 0 Å². The summed E-state index contributed by atoms with van der Waals surface area (Å²) in [7, 11) is 0. The zero-order valence-corrected chi connectivity index (χ0v) is 17.9. The molecule has 1 aromatic rings. The Labute approximate surface area is 170 Å². The van der Waals surface area contributed by atoms with Crippen LogP contribution in [0.3, 0.4) is 0 Å². The minimum atomic E-state index is -0.0630. The maximum atomic E-state index is 12.9. The van der Waals surface area contributed by atoms with Crippen LogP contribution in [0.2, 0.25) is 0 Å². The van der Waals surface area contributed by atoms with Crippen molar-refractivity contribution in [3.63, 3.8) is 0 Å². The smallest absolute Gasteiger partial charge is 0.253 e. The predicted octanol–water partition coefficient (Wildman–Crippen LogP) is 5.11. The van der Waals surface area contributed by atoms with Gasteiger partial charge in [-0.05, 0) is 50.8 Å². The topological polar surface area (TPSA) is 61.4 Å². The summed E-state index contributed by atoms with van der Waals surface area (Å²) < 4.78 is 0. The first-order chi connectivity index (χ1) is 13.5. The van der Waals surface area contributed by atoms with Crippen molar-refractivity contribution in [2.24, 2.45) is 0 Å². The molecule has 0 aliphatic carbocycles. The SMILES string of the molecule is CCCCCCCC(=O)Nc1ccc(N2CCCC2)c(C(=O)NC(C)CC)c1. The molecule has 1 saturated heterocycles. The molecule has 0 bridgehead atoms. The van der Waals surface area contributed by atoms with Crippen molar-refractivity contribution < 1.29 is 9.59 Å². The van der Waals surface area contributed by atoms with Crippen LogP contribution in [0.5, 0.6) is 0 Å². The molecule has 5 heteroatoms. The molecule has 2 N–H and O–H groups in total. The van der Waals surface area contributed by atoms with Gasteiger partial charge >= 0.3 is 0 Å². The van der Waals surface area contributed by atoms with Gasteiger partial charge in [-0.3, -0.25) is 9.59 Å². The van der Waals surface area contributed by atoms with Gasteiger partial charge in [-0.15, -0.1) is 0 Å². The van der Waals surface area contributed by atoms with Crippen LogP contribution >= 0.6 is 0 Å². The molecule has 1 fully saturated rings. The number of rotatable bonds is 11. The molecular formula is C23H37N3O2. The Morgan fingerprint density at radius 1 is 1.07 bits per heavy atom. The van der Waals surface area contributed by atoms with E-state index in [0.29, 0.717) is 17.7 Å². The standard InChI is InChI=1S/C23H37N3O2/c1-4-6-7-8-9-12-22(27)25-19-13-14-21(26-15-10-11-16-26)20(17-19)23(28)24-18(3)5-2/h13-14,17-18H,4-12,15-16H2,1-3H3,(H,24,28)(H,25,27). The first-order valence-electron chi connectivity index (χ1n) is 11.0. The maximum absolute atomic E-state index is 12.9. The fourth-order valence-corrected chi connectivity index (χ4v) is 3.55. The van der Waals surface area contributed by atoms with Gasteiger partial charge < -0.3 is 15.5 Å². The summed E-state index contributed by atoms with van der Waals surface area (Å²) in [4.78, 5) is 27.4. The highest BCUT2D eigenvalue weighted by Crippen LogP contribution is 2.28. The van der Waals surface area contributed by atoms with Gasteiger partial charge in [-0.2, -0.15) is 0 Å². The Morgan fingerprint density at radius 2 is 1.79 bits per heavy atom. The first kappa shape index (κ1) is 22.3. The van der Waals surface area contributed by atoms with E-state index >= 15 is 0 Å². The Hall–Kier alpha value is -2.04. The molecule has 1 aliphatic heterocycles. The lowest BCUT2D eigenvalue weighted by Gasteiger charge is -2.23. The monoisotopic (exact) mass is 387 g/mol. The van der Waals surface area contributed by atoms with E-state index in [1.54, 1.807) is 0 Å². The second kappa shape index (κ2) is 11.7. The average Bonchev–Trinajstić information content (AvgIpc) is 3.22. The van der Waals surface area contributed by atoms with Gasteiger partial charge in [0.15, 0.2) is 0 Å². The number of nitrogens with one attached hydrogen (secondary N) is 2. The van der Waals surface area contributed by atoms with Crippen LogP contribution in [0.1, 0.15) is 88.9 Å². The molecule has 0 spiro atoms. The summed E-state index contributed by atoms with van der Waals surface area (Å²) in [5, 5.41) is 6.04. The normalized spacial score (nSPS) is 14.8. The molecule has 0 radical (unpaired) electrons. The quantitative estimate of drug-likeness (QED) is 0.518. The van der Waals surface area contributed by atoms with Crippen LogP contribution < -0.4 is 15.5 Å². The Kier molecular flexibility index (Phi) is 9.32. The summed E-state index contributed by atoms with van der Waals surface area (Å²) in [5.74, 6) is -0.0365. The van der Waals surface area contributed by atoms with Crippen LogP contribution in [0, 0.1) is 0 Å². The maximum Gasteiger partial charge on any atom is 0.253 e. The number of amides is 2. The number of hydrogen-bond donors (Lipinski definition) is 2. The lowest BCUT2D eigenvalue weighted by molar-refractivity contribution is -0.116. The van der Waals surface area contributed by atoms with E-state index in [0.717, 1.165) is 50.9 Å². The zero-order chi connectivity index (χ0) is 20.4. The van der Waals surface area contributed by atoms with Gasteiger partial charge in [-0.25, -0.2) is 0 Å². The number of carbonyl (C=O) groups is 2. The number of unbranched alkanes of at least 4 members (excludes halogenated alkanes) is 4. The van der Waals surface area contributed by atoms with Crippen LogP contribution in [0.15, 0.2) is 18.2 Å². The van der Waals surface area contributed by atoms with Crippen molar-refractivity contribution in [3.05, 3.63) is 23.8 Å². The van der Waals surface area contributed by atoms with Crippen molar-refractivity contribution in [2.75, 3.05) is 23.3 Å². The zero-order valence-electron chi connectivity index (χ0n) is 17.9. The molecule has 1 unspecified atom stereocenters. The second-order valence-electron chi connectivity index (χ2n) is 7.92. The third-order valence-corrected chi connectivity index (χ3v) is 5.47. The van der Waals surface area contributed by atoms with Gasteiger partial charge in [0.05, 0.1) is 5.56 Å². The Balaban J connectivity index is 2.05. The number of benzene rings is 1. The van der Waals surface area contributed by atoms with Crippen LogP contribution in [-0.4, -0.2) is 30.9 Å². The number of hydrogen-bond acceptors (Lipinski definition) is 3. The lowest BCUT2D eigenvalue weighted by atomic mass is 10.1. The van der Waals surface area contributed by atoms with E-state index < -0.39 is 0 Å². The fourth-order valence-electron chi connectivity index (χ4n) is 3.55. The molecule has 1 heterocycles. The lowest BCUT2D eigenvalue weighted by Crippen LogP contribution is -2.33. The molecule has 5 nitrogen and oxygen atoms in total. The van der Waals surface area contributed by atoms with Crippen molar-refractivity contribution >= 4 is 23.2 Å². The third-order valence-electron chi connectivity index (χ3n) is 5.47. The van der Waals surface area contributed by atoms with Crippen molar-refractivity contribution in [3.8, 4) is 0 Å². The molecule has 0 aromatic heterocycles. The summed E-state index contributed by atoms with van der Waals surface area (Å²) >= 11 is 0. The molecule has 1 aromatic carbocycles. The van der Waals surface area contributed by atoms with E-state index in [1.165, 1.54) is 19.3 Å². The second-order valence-corrected chi connectivity index (χ2v) is 7.92. The van der Waals surface area contributed by atoms with Gasteiger partial charge in [0.25, 0.3) is 5.91 Å². The highest BCUT2D eigenvalue weighted by molar-refractivity contribution is 6.02. The first-order valence-corrected chi connectivity index (χ1v) is 11.0. The van der Waals surface area contributed by atoms with E-state index in [9.17, 15) is 9.59 Å². The molecule has 2 rings (SSSR count).